The first kappa shape index (κ1) is 36.5. The number of esters is 1. The number of aryl methyl sites for hydroxylation is 1. The molecule has 0 saturated heterocycles. The lowest BCUT2D eigenvalue weighted by molar-refractivity contribution is -0.130. The Morgan fingerprint density at radius 1 is 0.891 bits per heavy atom. The summed E-state index contributed by atoms with van der Waals surface area (Å²) in [6, 6.07) is 17.4. The Hall–Kier alpha value is -4.00. The Bertz CT molecular complexity index is 1450. The number of amides is 2. The van der Waals surface area contributed by atoms with Crippen molar-refractivity contribution in [2.75, 3.05) is 13.7 Å². The van der Waals surface area contributed by atoms with Crippen LogP contribution in [0.1, 0.15) is 83.6 Å². The van der Waals surface area contributed by atoms with E-state index in [9.17, 15) is 19.5 Å². The lowest BCUT2D eigenvalue weighted by atomic mass is 9.98. The molecule has 1 heterocycles. The first-order valence-corrected chi connectivity index (χ1v) is 17.0. The number of carbonyl (C=O) groups excluding carboxylic acids is 3. The highest BCUT2D eigenvalue weighted by Gasteiger charge is 2.51. The fourth-order valence-electron chi connectivity index (χ4n) is 5.24. The van der Waals surface area contributed by atoms with Crippen molar-refractivity contribution in [3.8, 4) is 0 Å². The Balaban J connectivity index is 2.11. The summed E-state index contributed by atoms with van der Waals surface area (Å²) in [7, 11) is -1.87. The van der Waals surface area contributed by atoms with Crippen LogP contribution in [0.4, 0.5) is 4.79 Å². The number of nitrogens with zero attached hydrogens (tertiary/aromatic N) is 1. The number of alkyl carbamates (subject to hydrolysis) is 1. The number of aliphatic hydroxyl groups is 1. The summed E-state index contributed by atoms with van der Waals surface area (Å²) in [5.74, 6) is -1.26. The molecule has 0 aliphatic heterocycles. The minimum Gasteiger partial charge on any atom is -0.464 e. The van der Waals surface area contributed by atoms with Gasteiger partial charge in [-0.05, 0) is 57.0 Å². The van der Waals surface area contributed by atoms with E-state index in [1.54, 1.807) is 27.7 Å². The van der Waals surface area contributed by atoms with E-state index in [-0.39, 0.29) is 29.0 Å². The van der Waals surface area contributed by atoms with E-state index in [2.05, 4.69) is 36.4 Å². The molecule has 0 aliphatic rings. The average molecular weight is 654 g/mol. The van der Waals surface area contributed by atoms with E-state index in [1.165, 1.54) is 21.0 Å². The van der Waals surface area contributed by atoms with Gasteiger partial charge in [-0.25, -0.2) is 14.6 Å². The van der Waals surface area contributed by atoms with Crippen LogP contribution in [0.25, 0.3) is 0 Å². The standard InChI is InChI=1S/C34H47N3O8Si/c1-22-26(30(39)42-10)36-29(44-22)25(35-28(38)27(34(8,9)41)37-31(40)45-32(2,3)4)21-43-46(33(5,6)7,23-17-13-11-14-18-23)24-19-15-12-16-20-24/h11-20,25,27,41H,21H2,1-10H3,(H,35,38)(H,37,40)/t25-,27+/m0/s1. The van der Waals surface area contributed by atoms with E-state index < -0.39 is 49.6 Å². The molecule has 46 heavy (non-hydrogen) atoms. The van der Waals surface area contributed by atoms with Crippen molar-refractivity contribution in [2.45, 2.75) is 90.6 Å². The Labute approximate surface area is 272 Å². The number of ether oxygens (including phenoxy) is 2. The summed E-state index contributed by atoms with van der Waals surface area (Å²) < 4.78 is 23.2. The fourth-order valence-corrected chi connectivity index (χ4v) is 9.81. The van der Waals surface area contributed by atoms with Gasteiger partial charge in [0.2, 0.25) is 11.8 Å². The van der Waals surface area contributed by atoms with E-state index >= 15 is 0 Å². The zero-order valence-corrected chi connectivity index (χ0v) is 29.4. The van der Waals surface area contributed by atoms with Gasteiger partial charge in [0, 0.05) is 0 Å². The minimum absolute atomic E-state index is 0.00375. The predicted molar refractivity (Wildman–Crippen MR) is 176 cm³/mol. The number of hydrogen-bond acceptors (Lipinski definition) is 9. The first-order chi connectivity index (χ1) is 21.3. The molecular weight excluding hydrogens is 606 g/mol. The molecule has 2 aromatic carbocycles. The molecule has 2 amide bonds. The zero-order chi connectivity index (χ0) is 34.5. The second kappa shape index (κ2) is 14.2. The van der Waals surface area contributed by atoms with E-state index in [1.807, 2.05) is 60.7 Å². The maximum absolute atomic E-state index is 13.9. The minimum atomic E-state index is -3.10. The molecule has 0 radical (unpaired) electrons. The Morgan fingerprint density at radius 2 is 1.41 bits per heavy atom. The third kappa shape index (κ3) is 8.62. The zero-order valence-electron chi connectivity index (χ0n) is 28.4. The molecule has 0 saturated carbocycles. The number of methoxy groups -OCH3 is 1. The summed E-state index contributed by atoms with van der Waals surface area (Å²) in [4.78, 5) is 43.4. The monoisotopic (exact) mass is 653 g/mol. The number of nitrogens with one attached hydrogen (secondary N) is 2. The van der Waals surface area contributed by atoms with Gasteiger partial charge in [-0.1, -0.05) is 81.4 Å². The number of oxazole rings is 1. The molecule has 0 spiro atoms. The molecule has 0 aliphatic carbocycles. The molecular formula is C34H47N3O8Si. The highest BCUT2D eigenvalue weighted by atomic mass is 28.4. The molecule has 3 rings (SSSR count). The van der Waals surface area contributed by atoms with Crippen LogP contribution in [-0.2, 0) is 18.7 Å². The van der Waals surface area contributed by atoms with Crippen molar-refractivity contribution in [3.05, 3.63) is 78.0 Å². The number of benzene rings is 2. The van der Waals surface area contributed by atoms with Gasteiger partial charge in [0.25, 0.3) is 8.32 Å². The molecule has 250 valence electrons. The summed E-state index contributed by atoms with van der Waals surface area (Å²) in [5, 5.41) is 17.9. The summed E-state index contributed by atoms with van der Waals surface area (Å²) in [5.41, 5.74) is -2.58. The van der Waals surface area contributed by atoms with Crippen molar-refractivity contribution < 1.29 is 37.8 Å². The summed E-state index contributed by atoms with van der Waals surface area (Å²) in [6.07, 6.45) is -0.880. The smallest absolute Gasteiger partial charge is 0.408 e. The van der Waals surface area contributed by atoms with Gasteiger partial charge in [-0.15, -0.1) is 0 Å². The highest BCUT2D eigenvalue weighted by Crippen LogP contribution is 2.37. The van der Waals surface area contributed by atoms with Crippen molar-refractivity contribution in [1.82, 2.24) is 15.6 Å². The van der Waals surface area contributed by atoms with E-state index in [4.69, 9.17) is 18.3 Å². The van der Waals surface area contributed by atoms with E-state index in [0.29, 0.717) is 0 Å². The van der Waals surface area contributed by atoms with Gasteiger partial charge in [0.15, 0.2) is 5.69 Å². The molecule has 11 nitrogen and oxygen atoms in total. The number of hydrogen-bond donors (Lipinski definition) is 3. The van der Waals surface area contributed by atoms with Crippen molar-refractivity contribution in [1.29, 1.82) is 0 Å². The quantitative estimate of drug-likeness (QED) is 0.205. The molecule has 3 N–H and O–H groups in total. The van der Waals surface area contributed by atoms with Crippen LogP contribution in [0.3, 0.4) is 0 Å². The largest absolute Gasteiger partial charge is 0.464 e. The van der Waals surface area contributed by atoms with Crippen LogP contribution in [0.15, 0.2) is 65.1 Å². The van der Waals surface area contributed by atoms with Crippen LogP contribution in [0, 0.1) is 6.92 Å². The molecule has 1 aromatic heterocycles. The molecule has 2 atom stereocenters. The van der Waals surface area contributed by atoms with Crippen LogP contribution in [0.5, 0.6) is 0 Å². The van der Waals surface area contributed by atoms with Crippen molar-refractivity contribution in [3.63, 3.8) is 0 Å². The SMILES string of the molecule is COC(=O)c1nc([C@H](CO[Si](c2ccccc2)(c2ccccc2)C(C)(C)C)NC(=O)[C@@H](NC(=O)OC(C)(C)C)C(C)(C)O)oc1C. The normalized spacial score (nSPS) is 13.8. The lowest BCUT2D eigenvalue weighted by Crippen LogP contribution is -2.67. The molecule has 0 bridgehead atoms. The molecule has 12 heteroatoms. The van der Waals surface area contributed by atoms with Gasteiger partial charge >= 0.3 is 12.1 Å². The van der Waals surface area contributed by atoms with Gasteiger partial charge < -0.3 is 34.1 Å². The fraction of sp³-hybridized carbons (Fsp3) is 0.471. The lowest BCUT2D eigenvalue weighted by Gasteiger charge is -2.43. The van der Waals surface area contributed by atoms with Gasteiger partial charge in [-0.3, -0.25) is 4.79 Å². The van der Waals surface area contributed by atoms with Crippen LogP contribution in [0.2, 0.25) is 5.04 Å². The predicted octanol–water partition coefficient (Wildman–Crippen LogP) is 4.17. The highest BCUT2D eigenvalue weighted by molar-refractivity contribution is 6.99. The molecule has 0 fully saturated rings. The van der Waals surface area contributed by atoms with Gasteiger partial charge in [-0.2, -0.15) is 0 Å². The third-order valence-electron chi connectivity index (χ3n) is 7.32. The van der Waals surface area contributed by atoms with Crippen LogP contribution < -0.4 is 21.0 Å². The first-order valence-electron chi connectivity index (χ1n) is 15.1. The summed E-state index contributed by atoms with van der Waals surface area (Å²) >= 11 is 0. The van der Waals surface area contributed by atoms with Gasteiger partial charge in [0.1, 0.15) is 23.4 Å². The molecule has 3 aromatic rings. The Kier molecular flexibility index (Phi) is 11.2. The second-order valence-electron chi connectivity index (χ2n) is 13.7. The average Bonchev–Trinajstić information content (AvgIpc) is 3.35. The topological polar surface area (TPSA) is 149 Å². The Morgan fingerprint density at radius 3 is 1.85 bits per heavy atom. The third-order valence-corrected chi connectivity index (χ3v) is 12.3. The number of aromatic nitrogens is 1. The van der Waals surface area contributed by atoms with E-state index in [0.717, 1.165) is 10.4 Å². The maximum atomic E-state index is 13.9. The molecule has 0 unspecified atom stereocenters. The van der Waals surface area contributed by atoms with Crippen molar-refractivity contribution in [2.24, 2.45) is 0 Å². The van der Waals surface area contributed by atoms with Crippen LogP contribution >= 0.6 is 0 Å². The number of carbonyl (C=O) groups is 3. The number of rotatable bonds is 11. The second-order valence-corrected chi connectivity index (χ2v) is 18.0. The van der Waals surface area contributed by atoms with Crippen LogP contribution in [-0.4, -0.2) is 67.3 Å². The van der Waals surface area contributed by atoms with Gasteiger partial charge in [0.05, 0.1) is 19.3 Å². The van der Waals surface area contributed by atoms with Crippen molar-refractivity contribution >= 4 is 36.7 Å². The summed E-state index contributed by atoms with van der Waals surface area (Å²) in [6.45, 7) is 15.7. The maximum Gasteiger partial charge on any atom is 0.408 e.